The van der Waals surface area contributed by atoms with Crippen LogP contribution in [0, 0.1) is 10.1 Å². The molecule has 80 valence electrons. The van der Waals surface area contributed by atoms with E-state index in [1.54, 1.807) is 12.1 Å². The van der Waals surface area contributed by atoms with E-state index in [2.05, 4.69) is 6.58 Å². The van der Waals surface area contributed by atoms with Gasteiger partial charge in [-0.1, -0.05) is 6.58 Å². The zero-order valence-electron chi connectivity index (χ0n) is 7.98. The van der Waals surface area contributed by atoms with Crippen molar-refractivity contribution in [3.63, 3.8) is 0 Å². The average Bonchev–Trinajstić information content (AvgIpc) is 2.26. The van der Waals surface area contributed by atoms with Gasteiger partial charge in [0.2, 0.25) is 0 Å². The number of rotatable bonds is 5. The highest BCUT2D eigenvalue weighted by atomic mass is 35.5. The Hall–Kier alpha value is -1.55. The average molecular weight is 228 g/mol. The van der Waals surface area contributed by atoms with Crippen LogP contribution in [0.1, 0.15) is 0 Å². The van der Waals surface area contributed by atoms with Crippen molar-refractivity contribution < 1.29 is 9.66 Å². The van der Waals surface area contributed by atoms with E-state index in [9.17, 15) is 10.1 Å². The Morgan fingerprint density at radius 1 is 1.47 bits per heavy atom. The second kappa shape index (κ2) is 5.36. The summed E-state index contributed by atoms with van der Waals surface area (Å²) in [4.78, 5) is 9.90. The van der Waals surface area contributed by atoms with Gasteiger partial charge < -0.3 is 4.74 Å². The number of ether oxygens (including phenoxy) is 1. The molecule has 0 saturated heterocycles. The van der Waals surface area contributed by atoms with Gasteiger partial charge in [0.25, 0.3) is 5.69 Å². The maximum atomic E-state index is 10.4. The van der Waals surface area contributed by atoms with E-state index in [0.29, 0.717) is 18.2 Å². The van der Waals surface area contributed by atoms with Crippen LogP contribution in [0.25, 0.3) is 0 Å². The van der Waals surface area contributed by atoms with Crippen molar-refractivity contribution in [2.24, 2.45) is 0 Å². The molecule has 1 aromatic carbocycles. The third-order valence-corrected chi connectivity index (χ3v) is 2.06. The maximum Gasteiger partial charge on any atom is 0.269 e. The van der Waals surface area contributed by atoms with Crippen molar-refractivity contribution >= 4 is 17.3 Å². The normalized spacial score (nSPS) is 9.67. The summed E-state index contributed by atoms with van der Waals surface area (Å²) in [6.07, 6.45) is 0. The van der Waals surface area contributed by atoms with Gasteiger partial charge in [0.05, 0.1) is 4.92 Å². The van der Waals surface area contributed by atoms with Crippen molar-refractivity contribution in [2.75, 3.05) is 12.5 Å². The molecule has 0 aliphatic carbocycles. The highest BCUT2D eigenvalue weighted by molar-refractivity contribution is 6.19. The summed E-state index contributed by atoms with van der Waals surface area (Å²) in [6.45, 7) is 3.99. The summed E-state index contributed by atoms with van der Waals surface area (Å²) < 4.78 is 5.29. The van der Waals surface area contributed by atoms with Gasteiger partial charge in [-0.05, 0) is 17.7 Å². The highest BCUT2D eigenvalue weighted by Crippen LogP contribution is 2.17. The lowest BCUT2D eigenvalue weighted by atomic mass is 10.3. The quantitative estimate of drug-likeness (QED) is 0.336. The molecule has 0 N–H and O–H groups in total. The third-order valence-electron chi connectivity index (χ3n) is 1.68. The number of hydrogen-bond acceptors (Lipinski definition) is 3. The first-order valence-corrected chi connectivity index (χ1v) is 4.77. The second-order valence-electron chi connectivity index (χ2n) is 2.92. The van der Waals surface area contributed by atoms with E-state index in [4.69, 9.17) is 16.3 Å². The first-order chi connectivity index (χ1) is 7.13. The Balaban J connectivity index is 2.57. The molecule has 0 aromatic heterocycles. The Morgan fingerprint density at radius 3 is 2.53 bits per heavy atom. The van der Waals surface area contributed by atoms with Crippen LogP contribution in [0.15, 0.2) is 36.4 Å². The van der Waals surface area contributed by atoms with Crippen LogP contribution in [-0.2, 0) is 0 Å². The lowest BCUT2D eigenvalue weighted by molar-refractivity contribution is -0.384. The fourth-order valence-electron chi connectivity index (χ4n) is 0.888. The van der Waals surface area contributed by atoms with Crippen LogP contribution in [0.3, 0.4) is 0 Å². The topological polar surface area (TPSA) is 52.4 Å². The molecule has 1 rings (SSSR count). The summed E-state index contributed by atoms with van der Waals surface area (Å²) in [5.41, 5.74) is 0.800. The van der Waals surface area contributed by atoms with Crippen molar-refractivity contribution in [2.45, 2.75) is 0 Å². The van der Waals surface area contributed by atoms with Gasteiger partial charge in [-0.2, -0.15) is 0 Å². The maximum absolute atomic E-state index is 10.4. The molecule has 4 nitrogen and oxygen atoms in total. The number of non-ortho nitro benzene ring substituents is 1. The lowest BCUT2D eigenvalue weighted by Gasteiger charge is -2.05. The Labute approximate surface area is 92.3 Å². The minimum absolute atomic E-state index is 0.0403. The van der Waals surface area contributed by atoms with Crippen molar-refractivity contribution in [3.05, 3.63) is 46.5 Å². The van der Waals surface area contributed by atoms with Gasteiger partial charge in [0.15, 0.2) is 0 Å². The highest BCUT2D eigenvalue weighted by Gasteiger charge is 2.04. The molecule has 0 aliphatic rings. The summed E-state index contributed by atoms with van der Waals surface area (Å²) in [7, 11) is 0. The van der Waals surface area contributed by atoms with E-state index in [0.717, 1.165) is 5.57 Å². The standard InChI is InChI=1S/C10H10ClNO3/c1-8(6-11)7-15-10-4-2-9(3-5-10)12(13)14/h2-5H,1,6-7H2. The summed E-state index contributed by atoms with van der Waals surface area (Å²) in [5.74, 6) is 0.902. The second-order valence-corrected chi connectivity index (χ2v) is 3.19. The number of hydrogen-bond donors (Lipinski definition) is 0. The fraction of sp³-hybridized carbons (Fsp3) is 0.200. The van der Waals surface area contributed by atoms with Crippen LogP contribution in [0.4, 0.5) is 5.69 Å². The number of nitro groups is 1. The fourth-order valence-corrected chi connectivity index (χ4v) is 0.965. The van der Waals surface area contributed by atoms with E-state index in [1.165, 1.54) is 12.1 Å². The molecule has 0 saturated carbocycles. The molecule has 0 bridgehead atoms. The Kier molecular flexibility index (Phi) is 4.12. The molecule has 15 heavy (non-hydrogen) atoms. The first kappa shape index (κ1) is 11.5. The molecule has 0 aliphatic heterocycles. The Morgan fingerprint density at radius 2 is 2.07 bits per heavy atom. The summed E-state index contributed by atoms with van der Waals surface area (Å²) in [6, 6.07) is 5.86. The number of benzene rings is 1. The molecule has 0 amide bonds. The van der Waals surface area contributed by atoms with E-state index in [-0.39, 0.29) is 5.69 Å². The van der Waals surface area contributed by atoms with Crippen LogP contribution >= 0.6 is 11.6 Å². The smallest absolute Gasteiger partial charge is 0.269 e. The van der Waals surface area contributed by atoms with Gasteiger partial charge in [0, 0.05) is 18.0 Å². The van der Waals surface area contributed by atoms with Gasteiger partial charge in [-0.3, -0.25) is 10.1 Å². The van der Waals surface area contributed by atoms with Gasteiger partial charge in [0.1, 0.15) is 12.4 Å². The molecule has 0 heterocycles. The SMILES string of the molecule is C=C(CCl)COc1ccc([N+](=O)[O-])cc1. The minimum Gasteiger partial charge on any atom is -0.489 e. The van der Waals surface area contributed by atoms with Gasteiger partial charge in [-0.15, -0.1) is 11.6 Å². The van der Waals surface area contributed by atoms with Crippen molar-refractivity contribution in [3.8, 4) is 5.75 Å². The molecule has 0 unspecified atom stereocenters. The Bertz CT molecular complexity index is 361. The van der Waals surface area contributed by atoms with E-state index < -0.39 is 4.92 Å². The third kappa shape index (κ3) is 3.59. The van der Waals surface area contributed by atoms with Crippen LogP contribution in [0.2, 0.25) is 0 Å². The number of alkyl halides is 1. The number of nitro benzene ring substituents is 1. The molecule has 0 fully saturated rings. The zero-order valence-corrected chi connectivity index (χ0v) is 8.74. The van der Waals surface area contributed by atoms with Crippen LogP contribution in [-0.4, -0.2) is 17.4 Å². The minimum atomic E-state index is -0.457. The van der Waals surface area contributed by atoms with Crippen molar-refractivity contribution in [1.29, 1.82) is 0 Å². The molecule has 0 atom stereocenters. The van der Waals surface area contributed by atoms with Gasteiger partial charge >= 0.3 is 0 Å². The van der Waals surface area contributed by atoms with Crippen LogP contribution < -0.4 is 4.74 Å². The summed E-state index contributed by atoms with van der Waals surface area (Å²) >= 11 is 5.52. The zero-order chi connectivity index (χ0) is 11.3. The molecule has 0 spiro atoms. The largest absolute Gasteiger partial charge is 0.489 e. The predicted molar refractivity (Wildman–Crippen MR) is 58.5 cm³/mol. The number of nitrogens with zero attached hydrogens (tertiary/aromatic N) is 1. The number of halogens is 1. The van der Waals surface area contributed by atoms with E-state index in [1.807, 2.05) is 0 Å². The van der Waals surface area contributed by atoms with Crippen LogP contribution in [0.5, 0.6) is 5.75 Å². The lowest BCUT2D eigenvalue weighted by Crippen LogP contribution is -2.01. The molecular weight excluding hydrogens is 218 g/mol. The van der Waals surface area contributed by atoms with E-state index >= 15 is 0 Å². The first-order valence-electron chi connectivity index (χ1n) is 4.23. The molecular formula is C10H10ClNO3. The predicted octanol–water partition coefficient (Wildman–Crippen LogP) is 2.77. The molecule has 5 heteroatoms. The monoisotopic (exact) mass is 227 g/mol. The van der Waals surface area contributed by atoms with Crippen molar-refractivity contribution in [1.82, 2.24) is 0 Å². The summed E-state index contributed by atoms with van der Waals surface area (Å²) in [5, 5.41) is 10.4. The van der Waals surface area contributed by atoms with Gasteiger partial charge in [-0.25, -0.2) is 0 Å². The molecule has 0 radical (unpaired) electrons. The molecule has 1 aromatic rings.